The van der Waals surface area contributed by atoms with Crippen molar-refractivity contribution in [2.45, 2.75) is 51.3 Å². The number of aromatic nitrogens is 2. The third-order valence-electron chi connectivity index (χ3n) is 4.36. The molecule has 0 amide bonds. The zero-order valence-electron chi connectivity index (χ0n) is 13.2. The maximum absolute atomic E-state index is 13.5. The second-order valence-corrected chi connectivity index (χ2v) is 5.94. The molecule has 0 bridgehead atoms. The first-order chi connectivity index (χ1) is 10.1. The quantitative estimate of drug-likeness (QED) is 0.876. The lowest BCUT2D eigenvalue weighted by Crippen LogP contribution is -2.44. The normalized spacial score (nSPS) is 20.8. The van der Waals surface area contributed by atoms with E-state index in [9.17, 15) is 9.50 Å². The van der Waals surface area contributed by atoms with Gasteiger partial charge in [-0.2, -0.15) is 0 Å². The van der Waals surface area contributed by atoms with Crippen molar-refractivity contribution in [3.63, 3.8) is 0 Å². The topological polar surface area (TPSA) is 50.1 Å². The summed E-state index contributed by atoms with van der Waals surface area (Å²) in [5, 5.41) is 13.3. The molecule has 0 unspecified atom stereocenters. The van der Waals surface area contributed by atoms with Crippen molar-refractivity contribution in [1.29, 1.82) is 0 Å². The third kappa shape index (κ3) is 4.57. The van der Waals surface area contributed by atoms with E-state index >= 15 is 0 Å². The van der Waals surface area contributed by atoms with Crippen LogP contribution in [0.4, 0.5) is 4.39 Å². The van der Waals surface area contributed by atoms with Crippen molar-refractivity contribution in [1.82, 2.24) is 14.9 Å². The van der Waals surface area contributed by atoms with Gasteiger partial charge in [0.05, 0.1) is 23.5 Å². The number of aliphatic hydroxyl groups is 1. The molecule has 23 heavy (non-hydrogen) atoms. The van der Waals surface area contributed by atoms with Crippen LogP contribution in [0, 0.1) is 12.7 Å². The smallest absolute Gasteiger partial charge is 0.128 e. The van der Waals surface area contributed by atoms with Gasteiger partial charge in [-0.3, -0.25) is 0 Å². The van der Waals surface area contributed by atoms with Gasteiger partial charge in [0.1, 0.15) is 5.82 Å². The maximum Gasteiger partial charge on any atom is 0.128 e. The molecule has 2 atom stereocenters. The Morgan fingerprint density at radius 2 is 2.17 bits per heavy atom. The fourth-order valence-corrected chi connectivity index (χ4v) is 3.07. The van der Waals surface area contributed by atoms with Crippen molar-refractivity contribution in [3.05, 3.63) is 29.8 Å². The molecule has 2 heterocycles. The molecule has 1 aromatic carbocycles. The molecule has 1 saturated heterocycles. The van der Waals surface area contributed by atoms with Gasteiger partial charge in [0.15, 0.2) is 0 Å². The molecule has 1 aliphatic heterocycles. The highest BCUT2D eigenvalue weighted by Gasteiger charge is 2.21. The molecule has 0 saturated carbocycles. The number of rotatable bonds is 4. The van der Waals surface area contributed by atoms with Crippen LogP contribution in [0.25, 0.3) is 11.0 Å². The molecule has 1 fully saturated rings. The van der Waals surface area contributed by atoms with Crippen LogP contribution in [0.5, 0.6) is 0 Å². The Hall–Kier alpha value is -0.880. The van der Waals surface area contributed by atoms with E-state index in [1.807, 2.05) is 6.07 Å². The maximum atomic E-state index is 13.5. The summed E-state index contributed by atoms with van der Waals surface area (Å²) in [5.41, 5.74) is 2.33. The zero-order chi connectivity index (χ0) is 14.8. The molecule has 3 rings (SSSR count). The van der Waals surface area contributed by atoms with Gasteiger partial charge in [0.2, 0.25) is 0 Å². The molecule has 1 aromatic heterocycles. The summed E-state index contributed by atoms with van der Waals surface area (Å²) < 4.78 is 15.6. The summed E-state index contributed by atoms with van der Waals surface area (Å²) in [6.45, 7) is 3.61. The molecule has 1 aliphatic rings. The average Bonchev–Trinajstić information content (AvgIpc) is 2.84. The number of imidazole rings is 1. The van der Waals surface area contributed by atoms with Crippen molar-refractivity contribution in [2.24, 2.45) is 0 Å². The number of nitrogens with one attached hydrogen (secondary N) is 1. The Bertz CT molecular complexity index is 635. The van der Waals surface area contributed by atoms with Crippen LogP contribution in [0.3, 0.4) is 0 Å². The molecule has 2 aromatic rings. The van der Waals surface area contributed by atoms with Crippen LogP contribution in [0.15, 0.2) is 18.5 Å². The molecule has 130 valence electrons. The summed E-state index contributed by atoms with van der Waals surface area (Å²) in [6.07, 6.45) is 5.40. The van der Waals surface area contributed by atoms with Gasteiger partial charge in [-0.15, -0.1) is 24.8 Å². The summed E-state index contributed by atoms with van der Waals surface area (Å²) >= 11 is 0. The predicted octanol–water partition coefficient (Wildman–Crippen LogP) is 3.22. The van der Waals surface area contributed by atoms with E-state index in [4.69, 9.17) is 0 Å². The number of aryl methyl sites for hydroxylation is 2. The highest BCUT2D eigenvalue weighted by molar-refractivity contribution is 5.85. The Morgan fingerprint density at radius 3 is 2.91 bits per heavy atom. The number of benzene rings is 1. The minimum atomic E-state index is -0.227. The van der Waals surface area contributed by atoms with E-state index in [0.717, 1.165) is 44.3 Å². The Kier molecular flexibility index (Phi) is 7.74. The van der Waals surface area contributed by atoms with Crippen LogP contribution in [0.2, 0.25) is 0 Å². The van der Waals surface area contributed by atoms with Crippen LogP contribution in [-0.2, 0) is 6.54 Å². The first-order valence-electron chi connectivity index (χ1n) is 7.67. The molecule has 0 aliphatic carbocycles. The van der Waals surface area contributed by atoms with Gasteiger partial charge in [0, 0.05) is 18.7 Å². The van der Waals surface area contributed by atoms with Gasteiger partial charge in [-0.25, -0.2) is 9.37 Å². The summed E-state index contributed by atoms with van der Waals surface area (Å²) in [6, 6.07) is 3.55. The molecule has 2 N–H and O–H groups in total. The van der Waals surface area contributed by atoms with E-state index in [0.29, 0.717) is 11.1 Å². The van der Waals surface area contributed by atoms with Gasteiger partial charge in [0.25, 0.3) is 0 Å². The molecule has 4 nitrogen and oxygen atoms in total. The first-order valence-corrected chi connectivity index (χ1v) is 7.67. The van der Waals surface area contributed by atoms with Crippen LogP contribution in [-0.4, -0.2) is 33.3 Å². The lowest BCUT2D eigenvalue weighted by molar-refractivity contribution is 0.0909. The second kappa shape index (κ2) is 8.83. The zero-order valence-corrected chi connectivity index (χ0v) is 14.8. The van der Waals surface area contributed by atoms with E-state index in [2.05, 4.69) is 14.9 Å². The van der Waals surface area contributed by atoms with Crippen molar-refractivity contribution >= 4 is 35.8 Å². The largest absolute Gasteiger partial charge is 0.392 e. The molecule has 7 heteroatoms. The monoisotopic (exact) mass is 363 g/mol. The van der Waals surface area contributed by atoms with Gasteiger partial charge in [-0.05, 0) is 50.8 Å². The Morgan fingerprint density at radius 1 is 1.39 bits per heavy atom. The minimum Gasteiger partial charge on any atom is -0.392 e. The Balaban J connectivity index is 0.00000132. The van der Waals surface area contributed by atoms with E-state index in [1.165, 1.54) is 6.07 Å². The lowest BCUT2D eigenvalue weighted by Gasteiger charge is -2.29. The van der Waals surface area contributed by atoms with Crippen LogP contribution >= 0.6 is 24.8 Å². The number of aliphatic hydroxyl groups excluding tert-OH is 1. The predicted molar refractivity (Wildman–Crippen MR) is 95.2 cm³/mol. The second-order valence-electron chi connectivity index (χ2n) is 5.94. The van der Waals surface area contributed by atoms with Crippen molar-refractivity contribution in [2.75, 3.05) is 6.54 Å². The van der Waals surface area contributed by atoms with E-state index in [1.54, 1.807) is 13.3 Å². The number of nitrogens with zero attached hydrogens (tertiary/aromatic N) is 2. The third-order valence-corrected chi connectivity index (χ3v) is 4.36. The number of hydrogen-bond acceptors (Lipinski definition) is 3. The number of halogens is 3. The number of fused-ring (bicyclic) bond motifs is 1. The van der Waals surface area contributed by atoms with Crippen LogP contribution in [0.1, 0.15) is 31.2 Å². The summed E-state index contributed by atoms with van der Waals surface area (Å²) in [5.74, 6) is -0.206. The Labute approximate surface area is 148 Å². The molecule has 0 radical (unpaired) electrons. The van der Waals surface area contributed by atoms with Crippen molar-refractivity contribution < 1.29 is 9.50 Å². The standard InChI is InChI=1S/C16H22FN3O.2ClH/c1-11-8-15-14(9-12(11)17)19-10-20(15)7-3-4-13-16(21)5-2-6-18-13;;/h8-10,13,16,18,21H,2-7H2,1H3;2*1H/t13-,16+;;/m1../s1. The van der Waals surface area contributed by atoms with Gasteiger partial charge < -0.3 is 15.0 Å². The van der Waals surface area contributed by atoms with Gasteiger partial charge >= 0.3 is 0 Å². The van der Waals surface area contributed by atoms with E-state index in [-0.39, 0.29) is 42.8 Å². The van der Waals surface area contributed by atoms with Crippen molar-refractivity contribution in [3.8, 4) is 0 Å². The fourth-order valence-electron chi connectivity index (χ4n) is 3.07. The first kappa shape index (κ1) is 20.2. The number of piperidine rings is 1. The fraction of sp³-hybridized carbons (Fsp3) is 0.562. The van der Waals surface area contributed by atoms with Gasteiger partial charge in [-0.1, -0.05) is 0 Å². The highest BCUT2D eigenvalue weighted by atomic mass is 35.5. The summed E-state index contributed by atoms with van der Waals surface area (Å²) in [4.78, 5) is 4.26. The average molecular weight is 364 g/mol. The summed E-state index contributed by atoms with van der Waals surface area (Å²) in [7, 11) is 0. The highest BCUT2D eigenvalue weighted by Crippen LogP contribution is 2.19. The SMILES string of the molecule is Cc1cc2c(cc1F)ncn2CCC[C@H]1NCCC[C@@H]1O.Cl.Cl. The number of hydrogen-bond donors (Lipinski definition) is 2. The minimum absolute atomic E-state index is 0. The molecule has 0 spiro atoms. The molecular formula is C16H24Cl2FN3O. The molecular weight excluding hydrogens is 340 g/mol. The van der Waals surface area contributed by atoms with Crippen LogP contribution < -0.4 is 5.32 Å². The van der Waals surface area contributed by atoms with E-state index < -0.39 is 0 Å². The lowest BCUT2D eigenvalue weighted by atomic mass is 9.97.